The predicted molar refractivity (Wildman–Crippen MR) is 65.8 cm³/mol. The van der Waals surface area contributed by atoms with E-state index in [9.17, 15) is 16.8 Å². The number of halogens is 2. The van der Waals surface area contributed by atoms with E-state index in [2.05, 4.69) is 0 Å². The minimum atomic E-state index is -4.26. The van der Waals surface area contributed by atoms with Crippen LogP contribution in [0.25, 0.3) is 0 Å². The fourth-order valence-corrected chi connectivity index (χ4v) is 3.46. The minimum absolute atomic E-state index is 0.350. The third-order valence-corrected chi connectivity index (χ3v) is 4.72. The van der Waals surface area contributed by atoms with E-state index in [-0.39, 0.29) is 5.75 Å². The lowest BCUT2D eigenvalue weighted by atomic mass is 10.3. The van der Waals surface area contributed by atoms with Crippen LogP contribution in [-0.2, 0) is 20.0 Å². The van der Waals surface area contributed by atoms with Crippen LogP contribution in [0.2, 0.25) is 10.0 Å². The Morgan fingerprint density at radius 3 is 1.78 bits per heavy atom. The molecule has 0 heterocycles. The van der Waals surface area contributed by atoms with E-state index in [0.717, 1.165) is 7.11 Å². The Morgan fingerprint density at radius 1 is 1.00 bits per heavy atom. The van der Waals surface area contributed by atoms with E-state index in [0.29, 0.717) is 6.07 Å². The second-order valence-electron chi connectivity index (χ2n) is 3.12. The molecule has 0 saturated carbocycles. The van der Waals surface area contributed by atoms with Gasteiger partial charge in [0.15, 0.2) is 5.75 Å². The van der Waals surface area contributed by atoms with Gasteiger partial charge in [-0.1, -0.05) is 23.2 Å². The molecule has 1 aromatic carbocycles. The maximum absolute atomic E-state index is 11.3. The average molecular weight is 335 g/mol. The summed E-state index contributed by atoms with van der Waals surface area (Å²) in [5.74, 6) is -0.350. The number of benzene rings is 1. The van der Waals surface area contributed by atoms with Gasteiger partial charge in [-0.25, -0.2) is 27.1 Å². The maximum Gasteiger partial charge on any atom is 0.241 e. The summed E-state index contributed by atoms with van der Waals surface area (Å²) in [6, 6.07) is 0.692. The molecule has 1 rings (SSSR count). The Morgan fingerprint density at radius 2 is 1.44 bits per heavy atom. The van der Waals surface area contributed by atoms with Crippen LogP contribution < -0.4 is 15.0 Å². The monoisotopic (exact) mass is 334 g/mol. The topological polar surface area (TPSA) is 130 Å². The molecule has 0 radical (unpaired) electrons. The van der Waals surface area contributed by atoms with Gasteiger partial charge in [-0.3, -0.25) is 0 Å². The quantitative estimate of drug-likeness (QED) is 0.820. The van der Waals surface area contributed by atoms with Crippen LogP contribution in [-0.4, -0.2) is 23.9 Å². The number of rotatable bonds is 3. The van der Waals surface area contributed by atoms with Gasteiger partial charge in [-0.15, -0.1) is 0 Å². The molecule has 102 valence electrons. The molecule has 7 nitrogen and oxygen atoms in total. The minimum Gasteiger partial charge on any atom is -0.494 e. The summed E-state index contributed by atoms with van der Waals surface area (Å²) >= 11 is 11.4. The normalized spacial score (nSPS) is 12.5. The molecular weight excluding hydrogens is 327 g/mol. The van der Waals surface area contributed by atoms with Gasteiger partial charge in [-0.05, 0) is 6.07 Å². The van der Waals surface area contributed by atoms with Gasteiger partial charge in [0.2, 0.25) is 20.0 Å². The van der Waals surface area contributed by atoms with Crippen LogP contribution >= 0.6 is 23.2 Å². The number of hydrogen-bond acceptors (Lipinski definition) is 5. The van der Waals surface area contributed by atoms with Crippen LogP contribution in [0.15, 0.2) is 15.9 Å². The molecule has 0 saturated heterocycles. The van der Waals surface area contributed by atoms with Gasteiger partial charge in [0.1, 0.15) is 14.8 Å². The summed E-state index contributed by atoms with van der Waals surface area (Å²) in [6.07, 6.45) is 0. The molecule has 0 aliphatic rings. The van der Waals surface area contributed by atoms with Crippen LogP contribution in [0.3, 0.4) is 0 Å². The van der Waals surface area contributed by atoms with E-state index < -0.39 is 39.9 Å². The van der Waals surface area contributed by atoms with Crippen LogP contribution in [0.1, 0.15) is 0 Å². The fraction of sp³-hybridized carbons (Fsp3) is 0.143. The van der Waals surface area contributed by atoms with Crippen molar-refractivity contribution in [3.05, 3.63) is 16.1 Å². The number of ether oxygens (including phenoxy) is 1. The molecule has 0 unspecified atom stereocenters. The number of sulfonamides is 2. The zero-order valence-corrected chi connectivity index (χ0v) is 12.0. The number of nitrogens with two attached hydrogens (primary N) is 2. The smallest absolute Gasteiger partial charge is 0.241 e. The molecule has 0 spiro atoms. The summed E-state index contributed by atoms with van der Waals surface area (Å²) in [4.78, 5) is -1.28. The molecular formula is C7H8Cl2N2O5S2. The lowest BCUT2D eigenvalue weighted by molar-refractivity contribution is 0.402. The van der Waals surface area contributed by atoms with Crippen molar-refractivity contribution in [2.24, 2.45) is 10.3 Å². The summed E-state index contributed by atoms with van der Waals surface area (Å²) in [7, 11) is -7.38. The highest BCUT2D eigenvalue weighted by molar-refractivity contribution is 7.90. The van der Waals surface area contributed by atoms with Gasteiger partial charge < -0.3 is 4.74 Å². The van der Waals surface area contributed by atoms with Crippen molar-refractivity contribution in [2.75, 3.05) is 7.11 Å². The highest BCUT2D eigenvalue weighted by Gasteiger charge is 2.26. The lowest BCUT2D eigenvalue weighted by Gasteiger charge is -2.12. The standard InChI is InChI=1S/C7H8Cl2N2O5S2/c1-16-7-4(18(11,14)15)2-3(17(10,12)13)5(8)6(7)9/h2H,1H3,(H2,10,12,13)(H2,11,14,15). The summed E-state index contributed by atoms with van der Waals surface area (Å²) in [5.41, 5.74) is 0. The predicted octanol–water partition coefficient (Wildman–Crippen LogP) is 0.297. The van der Waals surface area contributed by atoms with Gasteiger partial charge in [0.25, 0.3) is 0 Å². The first-order valence-electron chi connectivity index (χ1n) is 4.11. The number of hydrogen-bond donors (Lipinski definition) is 2. The molecule has 0 aromatic heterocycles. The van der Waals surface area contributed by atoms with Gasteiger partial charge in [0.05, 0.1) is 12.1 Å². The van der Waals surface area contributed by atoms with E-state index in [1.807, 2.05) is 0 Å². The second-order valence-corrected chi connectivity index (χ2v) is 6.94. The first-order valence-corrected chi connectivity index (χ1v) is 7.96. The molecule has 0 amide bonds. The first-order chi connectivity index (χ1) is 8.00. The highest BCUT2D eigenvalue weighted by atomic mass is 35.5. The average Bonchev–Trinajstić information content (AvgIpc) is 2.17. The zero-order valence-electron chi connectivity index (χ0n) is 8.85. The molecule has 4 N–H and O–H groups in total. The lowest BCUT2D eigenvalue weighted by Crippen LogP contribution is -2.18. The van der Waals surface area contributed by atoms with Gasteiger partial charge >= 0.3 is 0 Å². The maximum atomic E-state index is 11.3. The molecule has 11 heteroatoms. The Kier molecular flexibility index (Phi) is 4.16. The molecule has 0 aliphatic heterocycles. The van der Waals surface area contributed by atoms with Crippen molar-refractivity contribution >= 4 is 43.2 Å². The van der Waals surface area contributed by atoms with E-state index in [1.54, 1.807) is 0 Å². The Balaban J connectivity index is 3.91. The fourth-order valence-electron chi connectivity index (χ4n) is 1.17. The second kappa shape index (κ2) is 4.83. The van der Waals surface area contributed by atoms with E-state index >= 15 is 0 Å². The van der Waals surface area contributed by atoms with Crippen molar-refractivity contribution in [3.63, 3.8) is 0 Å². The number of methoxy groups -OCH3 is 1. The highest BCUT2D eigenvalue weighted by Crippen LogP contribution is 2.40. The third-order valence-electron chi connectivity index (χ3n) is 1.91. The molecule has 0 bridgehead atoms. The van der Waals surface area contributed by atoms with Crippen LogP contribution in [0.5, 0.6) is 5.75 Å². The largest absolute Gasteiger partial charge is 0.494 e. The summed E-state index contributed by atoms with van der Waals surface area (Å²) < 4.78 is 49.9. The van der Waals surface area contributed by atoms with Crippen LogP contribution in [0.4, 0.5) is 0 Å². The van der Waals surface area contributed by atoms with Crippen molar-refractivity contribution < 1.29 is 21.6 Å². The Hall–Kier alpha value is -0.580. The molecule has 0 atom stereocenters. The van der Waals surface area contributed by atoms with E-state index in [1.165, 1.54) is 0 Å². The molecule has 1 aromatic rings. The van der Waals surface area contributed by atoms with Crippen molar-refractivity contribution in [1.82, 2.24) is 0 Å². The van der Waals surface area contributed by atoms with E-state index in [4.69, 9.17) is 38.2 Å². The molecule has 0 fully saturated rings. The Labute approximate surface area is 114 Å². The molecule has 0 aliphatic carbocycles. The van der Waals surface area contributed by atoms with Crippen molar-refractivity contribution in [2.45, 2.75) is 9.79 Å². The zero-order chi connectivity index (χ0) is 14.3. The van der Waals surface area contributed by atoms with Gasteiger partial charge in [-0.2, -0.15) is 0 Å². The number of primary sulfonamides is 2. The third kappa shape index (κ3) is 2.87. The van der Waals surface area contributed by atoms with Gasteiger partial charge in [0, 0.05) is 0 Å². The summed E-state index contributed by atoms with van der Waals surface area (Å²) in [5, 5.41) is 8.95. The van der Waals surface area contributed by atoms with Crippen LogP contribution in [0, 0.1) is 0 Å². The molecule has 18 heavy (non-hydrogen) atoms. The summed E-state index contributed by atoms with van der Waals surface area (Å²) in [6.45, 7) is 0. The first kappa shape index (κ1) is 15.5. The SMILES string of the molecule is COc1c(S(N)(=O)=O)cc(S(N)(=O)=O)c(Cl)c1Cl. The van der Waals surface area contributed by atoms with Crippen molar-refractivity contribution in [1.29, 1.82) is 0 Å². The van der Waals surface area contributed by atoms with Crippen molar-refractivity contribution in [3.8, 4) is 5.75 Å². The Bertz CT molecular complexity index is 699.